The Bertz CT molecular complexity index is 813. The number of rotatable bonds is 5. The number of piperidine rings is 1. The molecule has 0 unspecified atom stereocenters. The van der Waals surface area contributed by atoms with Crippen molar-refractivity contribution in [2.75, 3.05) is 26.2 Å². The van der Waals surface area contributed by atoms with Gasteiger partial charge in [0.2, 0.25) is 5.91 Å². The molecule has 5 nitrogen and oxygen atoms in total. The molecule has 1 amide bonds. The summed E-state index contributed by atoms with van der Waals surface area (Å²) in [5.41, 5.74) is 2.28. The number of para-hydroxylation sites is 1. The number of likely N-dealkylation sites (tertiary alicyclic amines) is 2. The fraction of sp³-hybridized carbons (Fsp3) is 0.545. The maximum atomic E-state index is 13.2. The van der Waals surface area contributed by atoms with Gasteiger partial charge in [-0.25, -0.2) is 4.68 Å². The minimum Gasteiger partial charge on any atom is -0.342 e. The summed E-state index contributed by atoms with van der Waals surface area (Å²) in [5, 5.41) is 4.40. The zero-order chi connectivity index (χ0) is 18.3. The Hall–Kier alpha value is -2.14. The van der Waals surface area contributed by atoms with Crippen LogP contribution in [0, 0.1) is 11.3 Å². The molecule has 3 heterocycles. The van der Waals surface area contributed by atoms with Crippen molar-refractivity contribution in [2.45, 2.75) is 38.6 Å². The van der Waals surface area contributed by atoms with Gasteiger partial charge in [0, 0.05) is 38.6 Å². The van der Waals surface area contributed by atoms with Gasteiger partial charge in [0.05, 0.1) is 11.1 Å². The van der Waals surface area contributed by atoms with Gasteiger partial charge in [-0.2, -0.15) is 5.10 Å². The Kier molecular flexibility index (Phi) is 4.27. The maximum absolute atomic E-state index is 13.2. The number of hydrogen-bond donors (Lipinski definition) is 0. The van der Waals surface area contributed by atoms with E-state index in [0.717, 1.165) is 63.6 Å². The first kappa shape index (κ1) is 17.0. The van der Waals surface area contributed by atoms with Gasteiger partial charge in [-0.1, -0.05) is 18.2 Å². The van der Waals surface area contributed by atoms with E-state index in [4.69, 9.17) is 0 Å². The van der Waals surface area contributed by atoms with Crippen LogP contribution in [-0.4, -0.2) is 51.7 Å². The summed E-state index contributed by atoms with van der Waals surface area (Å²) in [7, 11) is 0. The van der Waals surface area contributed by atoms with Crippen molar-refractivity contribution in [1.82, 2.24) is 19.6 Å². The standard InChI is InChI=1S/C22H28N4O/c27-21-22(9-3-12-25(21)15-18-7-8-18)10-14-24(17-22)16-19-5-1-2-6-20(19)26-13-4-11-23-26/h1-2,4-6,11,13,18H,3,7-10,12,14-17H2/t22-/m0/s1. The van der Waals surface area contributed by atoms with Crippen molar-refractivity contribution in [3.05, 3.63) is 48.3 Å². The van der Waals surface area contributed by atoms with Crippen LogP contribution in [0.1, 0.15) is 37.7 Å². The maximum Gasteiger partial charge on any atom is 0.230 e. The third-order valence-corrected chi connectivity index (χ3v) is 6.57. The lowest BCUT2D eigenvalue weighted by Crippen LogP contribution is -2.50. The lowest BCUT2D eigenvalue weighted by atomic mass is 9.78. The van der Waals surface area contributed by atoms with Gasteiger partial charge in [0.15, 0.2) is 0 Å². The van der Waals surface area contributed by atoms with Crippen LogP contribution >= 0.6 is 0 Å². The molecule has 0 N–H and O–H groups in total. The Morgan fingerprint density at radius 3 is 2.81 bits per heavy atom. The van der Waals surface area contributed by atoms with Gasteiger partial charge in [-0.3, -0.25) is 9.69 Å². The fourth-order valence-corrected chi connectivity index (χ4v) is 4.93. The molecule has 1 aromatic carbocycles. The van der Waals surface area contributed by atoms with Crippen LogP contribution in [0.25, 0.3) is 5.69 Å². The fourth-order valence-electron chi connectivity index (χ4n) is 4.93. The van der Waals surface area contributed by atoms with E-state index in [0.29, 0.717) is 5.91 Å². The number of nitrogens with zero attached hydrogens (tertiary/aromatic N) is 4. The highest BCUT2D eigenvalue weighted by molar-refractivity contribution is 5.84. The largest absolute Gasteiger partial charge is 0.342 e. The normalized spacial score (nSPS) is 26.2. The van der Waals surface area contributed by atoms with Crippen molar-refractivity contribution >= 4 is 5.91 Å². The molecule has 3 fully saturated rings. The lowest BCUT2D eigenvalue weighted by Gasteiger charge is -2.39. The average Bonchev–Trinajstić information content (AvgIpc) is 3.17. The molecule has 1 atom stereocenters. The highest BCUT2D eigenvalue weighted by atomic mass is 16.2. The molecule has 3 aliphatic rings. The molecule has 2 saturated heterocycles. The predicted octanol–water partition coefficient (Wildman–Crippen LogP) is 3.10. The monoisotopic (exact) mass is 364 g/mol. The summed E-state index contributed by atoms with van der Waals surface area (Å²) in [4.78, 5) is 17.9. The quantitative estimate of drug-likeness (QED) is 0.819. The van der Waals surface area contributed by atoms with Crippen LogP contribution in [0.2, 0.25) is 0 Å². The highest BCUT2D eigenvalue weighted by Crippen LogP contribution is 2.42. The Morgan fingerprint density at radius 2 is 2.00 bits per heavy atom. The van der Waals surface area contributed by atoms with Crippen LogP contribution in [-0.2, 0) is 11.3 Å². The van der Waals surface area contributed by atoms with Gasteiger partial charge < -0.3 is 4.90 Å². The van der Waals surface area contributed by atoms with E-state index in [1.54, 1.807) is 0 Å². The third-order valence-electron chi connectivity index (χ3n) is 6.57. The highest BCUT2D eigenvalue weighted by Gasteiger charge is 2.48. The molecule has 27 heavy (non-hydrogen) atoms. The first-order chi connectivity index (χ1) is 13.2. The molecule has 5 heteroatoms. The number of aromatic nitrogens is 2. The lowest BCUT2D eigenvalue weighted by molar-refractivity contribution is -0.145. The summed E-state index contributed by atoms with van der Waals surface area (Å²) in [6.07, 6.45) is 9.67. The summed E-state index contributed by atoms with van der Waals surface area (Å²) < 4.78 is 1.93. The summed E-state index contributed by atoms with van der Waals surface area (Å²) >= 11 is 0. The second-order valence-electron chi connectivity index (χ2n) is 8.62. The smallest absolute Gasteiger partial charge is 0.230 e. The Balaban J connectivity index is 1.31. The summed E-state index contributed by atoms with van der Waals surface area (Å²) in [5.74, 6) is 1.21. The minimum absolute atomic E-state index is 0.131. The number of benzene rings is 1. The van der Waals surface area contributed by atoms with E-state index in [1.807, 2.05) is 23.1 Å². The van der Waals surface area contributed by atoms with Crippen molar-refractivity contribution in [1.29, 1.82) is 0 Å². The van der Waals surface area contributed by atoms with E-state index >= 15 is 0 Å². The van der Waals surface area contributed by atoms with Crippen LogP contribution in [0.5, 0.6) is 0 Å². The second kappa shape index (κ2) is 6.79. The molecule has 5 rings (SSSR count). The van der Waals surface area contributed by atoms with E-state index in [1.165, 1.54) is 18.4 Å². The summed E-state index contributed by atoms with van der Waals surface area (Å²) in [6, 6.07) is 10.4. The third kappa shape index (κ3) is 3.29. The molecule has 1 aromatic heterocycles. The van der Waals surface area contributed by atoms with Crippen molar-refractivity contribution in [2.24, 2.45) is 11.3 Å². The van der Waals surface area contributed by atoms with Gasteiger partial charge in [-0.05, 0) is 62.3 Å². The molecule has 2 aromatic rings. The second-order valence-corrected chi connectivity index (χ2v) is 8.62. The first-order valence-electron chi connectivity index (χ1n) is 10.3. The van der Waals surface area contributed by atoms with E-state index < -0.39 is 0 Å². The predicted molar refractivity (Wildman–Crippen MR) is 104 cm³/mol. The molecule has 1 aliphatic carbocycles. The zero-order valence-corrected chi connectivity index (χ0v) is 15.9. The van der Waals surface area contributed by atoms with Gasteiger partial charge in [-0.15, -0.1) is 0 Å². The van der Waals surface area contributed by atoms with Gasteiger partial charge in [0.1, 0.15) is 0 Å². The van der Waals surface area contributed by atoms with Gasteiger partial charge in [0.25, 0.3) is 0 Å². The SMILES string of the molecule is O=C1N(CC2CC2)CCC[C@@]12CCN(Cc1ccccc1-n1cccn1)C2. The topological polar surface area (TPSA) is 41.4 Å². The molecule has 142 valence electrons. The minimum atomic E-state index is -0.131. The Morgan fingerprint density at radius 1 is 1.11 bits per heavy atom. The Labute approximate surface area is 161 Å². The zero-order valence-electron chi connectivity index (χ0n) is 15.9. The van der Waals surface area contributed by atoms with Crippen LogP contribution in [0.3, 0.4) is 0 Å². The molecule has 2 aliphatic heterocycles. The molecule has 1 spiro atoms. The van der Waals surface area contributed by atoms with Crippen LogP contribution in [0.15, 0.2) is 42.7 Å². The van der Waals surface area contributed by atoms with E-state index in [9.17, 15) is 4.79 Å². The van der Waals surface area contributed by atoms with Crippen molar-refractivity contribution < 1.29 is 4.79 Å². The summed E-state index contributed by atoms with van der Waals surface area (Å²) in [6.45, 7) is 4.77. The first-order valence-corrected chi connectivity index (χ1v) is 10.3. The van der Waals surface area contributed by atoms with Crippen LogP contribution in [0.4, 0.5) is 0 Å². The van der Waals surface area contributed by atoms with Crippen molar-refractivity contribution in [3.8, 4) is 5.69 Å². The van der Waals surface area contributed by atoms with E-state index in [-0.39, 0.29) is 5.41 Å². The van der Waals surface area contributed by atoms with Crippen LogP contribution < -0.4 is 0 Å². The van der Waals surface area contributed by atoms with Crippen molar-refractivity contribution in [3.63, 3.8) is 0 Å². The molecular weight excluding hydrogens is 336 g/mol. The molecular formula is C22H28N4O. The number of carbonyl (C=O) groups excluding carboxylic acids is 1. The van der Waals surface area contributed by atoms with E-state index in [2.05, 4.69) is 39.2 Å². The average molecular weight is 364 g/mol. The molecule has 0 bridgehead atoms. The number of hydrogen-bond acceptors (Lipinski definition) is 3. The number of carbonyl (C=O) groups is 1. The molecule has 1 saturated carbocycles. The molecule has 0 radical (unpaired) electrons. The van der Waals surface area contributed by atoms with Gasteiger partial charge >= 0.3 is 0 Å². The number of amides is 1.